The van der Waals surface area contributed by atoms with Gasteiger partial charge in [0.25, 0.3) is 5.91 Å². The molecule has 3 aromatic rings. The molecule has 0 unspecified atom stereocenters. The van der Waals surface area contributed by atoms with Crippen LogP contribution in [0.4, 0.5) is 5.69 Å². The van der Waals surface area contributed by atoms with Crippen LogP contribution in [0.25, 0.3) is 11.0 Å². The maximum Gasteiger partial charge on any atom is 0.342 e. The Hall–Kier alpha value is -3.00. The highest BCUT2D eigenvalue weighted by Crippen LogP contribution is 2.21. The Balaban J connectivity index is 1.63. The third kappa shape index (κ3) is 3.92. The smallest absolute Gasteiger partial charge is 0.342 e. The van der Waals surface area contributed by atoms with Crippen LogP contribution in [0.3, 0.4) is 0 Å². The Morgan fingerprint density at radius 3 is 2.80 bits per heavy atom. The van der Waals surface area contributed by atoms with Gasteiger partial charge in [-0.25, -0.2) is 4.79 Å². The van der Waals surface area contributed by atoms with Gasteiger partial charge in [-0.2, -0.15) is 8.75 Å². The molecular weight excluding hydrogens is 342 g/mol. The topological polar surface area (TPSA) is 90.4 Å². The van der Waals surface area contributed by atoms with Crippen LogP contribution >= 0.6 is 11.7 Å². The molecule has 0 saturated carbocycles. The average molecular weight is 357 g/mol. The number of amides is 1. The fourth-order valence-corrected chi connectivity index (χ4v) is 2.77. The first kappa shape index (κ1) is 16.8. The molecule has 0 spiro atoms. The molecule has 0 fully saturated rings. The van der Waals surface area contributed by atoms with Gasteiger partial charge >= 0.3 is 5.97 Å². The van der Waals surface area contributed by atoms with Gasteiger partial charge in [0.2, 0.25) is 0 Å². The van der Waals surface area contributed by atoms with E-state index in [0.717, 1.165) is 11.7 Å². The summed E-state index contributed by atoms with van der Waals surface area (Å²) in [6, 6.07) is 12.0. The van der Waals surface area contributed by atoms with E-state index >= 15 is 0 Å². The minimum Gasteiger partial charge on any atom is -0.493 e. The molecule has 0 aliphatic rings. The molecule has 0 aliphatic carbocycles. The van der Waals surface area contributed by atoms with E-state index in [0.29, 0.717) is 29.1 Å². The molecule has 3 rings (SSSR count). The number of nitrogens with one attached hydrogen (secondary N) is 1. The third-order valence-electron chi connectivity index (χ3n) is 3.30. The second-order valence-electron chi connectivity index (χ2n) is 4.99. The van der Waals surface area contributed by atoms with E-state index in [-0.39, 0.29) is 5.56 Å². The molecular formula is C17H15N3O4S. The van der Waals surface area contributed by atoms with Gasteiger partial charge < -0.3 is 14.8 Å². The number of carbonyl (C=O) groups is 2. The molecule has 0 radical (unpaired) electrons. The number of benzene rings is 2. The first-order valence-electron chi connectivity index (χ1n) is 7.59. The molecule has 2 aromatic carbocycles. The van der Waals surface area contributed by atoms with E-state index < -0.39 is 18.5 Å². The second-order valence-corrected chi connectivity index (χ2v) is 5.52. The van der Waals surface area contributed by atoms with Crippen LogP contribution in [0.15, 0.2) is 42.5 Å². The highest BCUT2D eigenvalue weighted by atomic mass is 32.1. The van der Waals surface area contributed by atoms with Gasteiger partial charge in [-0.1, -0.05) is 18.2 Å². The number of fused-ring (bicyclic) bond motifs is 1. The van der Waals surface area contributed by atoms with Crippen molar-refractivity contribution in [1.82, 2.24) is 8.75 Å². The van der Waals surface area contributed by atoms with E-state index in [1.807, 2.05) is 6.92 Å². The highest BCUT2D eigenvalue weighted by molar-refractivity contribution is 7.00. The Labute approximate surface area is 147 Å². The summed E-state index contributed by atoms with van der Waals surface area (Å²) in [5.74, 6) is -0.649. The van der Waals surface area contributed by atoms with Gasteiger partial charge in [0.1, 0.15) is 22.3 Å². The first-order chi connectivity index (χ1) is 12.2. The zero-order chi connectivity index (χ0) is 17.6. The molecule has 25 heavy (non-hydrogen) atoms. The third-order valence-corrected chi connectivity index (χ3v) is 3.84. The van der Waals surface area contributed by atoms with Crippen molar-refractivity contribution in [2.45, 2.75) is 6.92 Å². The van der Waals surface area contributed by atoms with Crippen LogP contribution in [-0.2, 0) is 9.53 Å². The molecule has 1 aromatic heterocycles. The zero-order valence-electron chi connectivity index (χ0n) is 13.4. The maximum atomic E-state index is 12.2. The van der Waals surface area contributed by atoms with Gasteiger partial charge in [-0.05, 0) is 31.2 Å². The number of aromatic nitrogens is 2. The minimum absolute atomic E-state index is 0.281. The van der Waals surface area contributed by atoms with Gasteiger partial charge in [-0.3, -0.25) is 4.79 Å². The predicted octanol–water partition coefficient (Wildman–Crippen LogP) is 2.89. The molecule has 0 aliphatic heterocycles. The normalized spacial score (nSPS) is 10.4. The Morgan fingerprint density at radius 2 is 1.96 bits per heavy atom. The number of nitrogens with zero attached hydrogens (tertiary/aromatic N) is 2. The van der Waals surface area contributed by atoms with Crippen molar-refractivity contribution in [3.05, 3.63) is 48.0 Å². The van der Waals surface area contributed by atoms with Crippen molar-refractivity contribution < 1.29 is 19.1 Å². The average Bonchev–Trinajstić information content (AvgIpc) is 3.10. The van der Waals surface area contributed by atoms with Crippen LogP contribution in [0, 0.1) is 0 Å². The summed E-state index contributed by atoms with van der Waals surface area (Å²) in [5.41, 5.74) is 2.12. The van der Waals surface area contributed by atoms with Crippen LogP contribution < -0.4 is 10.1 Å². The van der Waals surface area contributed by atoms with E-state index in [9.17, 15) is 9.59 Å². The number of carbonyl (C=O) groups excluding carboxylic acids is 2. The van der Waals surface area contributed by atoms with Gasteiger partial charge in [0.15, 0.2) is 6.61 Å². The van der Waals surface area contributed by atoms with Crippen molar-refractivity contribution in [2.75, 3.05) is 18.5 Å². The SMILES string of the molecule is CCOc1ccccc1C(=O)OCC(=O)Nc1cccc2nsnc12. The number of hydrogen-bond acceptors (Lipinski definition) is 7. The Kier molecular flexibility index (Phi) is 5.20. The number of ether oxygens (including phenoxy) is 2. The molecule has 1 N–H and O–H groups in total. The number of hydrogen-bond donors (Lipinski definition) is 1. The summed E-state index contributed by atoms with van der Waals surface area (Å²) in [5, 5.41) is 2.67. The Morgan fingerprint density at radius 1 is 1.12 bits per heavy atom. The van der Waals surface area contributed by atoms with Crippen molar-refractivity contribution in [3.8, 4) is 5.75 Å². The molecule has 1 amide bonds. The summed E-state index contributed by atoms with van der Waals surface area (Å²) < 4.78 is 18.7. The molecule has 7 nitrogen and oxygen atoms in total. The van der Waals surface area contributed by atoms with Crippen LogP contribution in [0.1, 0.15) is 17.3 Å². The lowest BCUT2D eigenvalue weighted by Crippen LogP contribution is -2.21. The van der Waals surface area contributed by atoms with Crippen molar-refractivity contribution in [1.29, 1.82) is 0 Å². The lowest BCUT2D eigenvalue weighted by molar-refractivity contribution is -0.119. The molecule has 0 bridgehead atoms. The number of anilines is 1. The molecule has 8 heteroatoms. The van der Waals surface area contributed by atoms with Crippen LogP contribution in [0.5, 0.6) is 5.75 Å². The second kappa shape index (κ2) is 7.71. The number of para-hydroxylation sites is 1. The summed E-state index contributed by atoms with van der Waals surface area (Å²) in [6.07, 6.45) is 0. The molecule has 0 saturated heterocycles. The van der Waals surface area contributed by atoms with Crippen molar-refractivity contribution in [2.24, 2.45) is 0 Å². The lowest BCUT2D eigenvalue weighted by Gasteiger charge is -2.10. The lowest BCUT2D eigenvalue weighted by atomic mass is 10.2. The fraction of sp³-hybridized carbons (Fsp3) is 0.176. The van der Waals surface area contributed by atoms with E-state index in [1.54, 1.807) is 42.5 Å². The van der Waals surface area contributed by atoms with E-state index in [1.165, 1.54) is 0 Å². The molecule has 128 valence electrons. The quantitative estimate of drug-likeness (QED) is 0.682. The Bertz CT molecular complexity index is 910. The predicted molar refractivity (Wildman–Crippen MR) is 93.9 cm³/mol. The van der Waals surface area contributed by atoms with Crippen molar-refractivity contribution >= 4 is 40.3 Å². The van der Waals surface area contributed by atoms with E-state index in [2.05, 4.69) is 14.1 Å². The first-order valence-corrected chi connectivity index (χ1v) is 8.32. The summed E-state index contributed by atoms with van der Waals surface area (Å²) >= 11 is 1.07. The van der Waals surface area contributed by atoms with Gasteiger partial charge in [-0.15, -0.1) is 0 Å². The zero-order valence-corrected chi connectivity index (χ0v) is 14.2. The largest absolute Gasteiger partial charge is 0.493 e. The van der Waals surface area contributed by atoms with E-state index in [4.69, 9.17) is 9.47 Å². The van der Waals surface area contributed by atoms with Crippen LogP contribution in [0.2, 0.25) is 0 Å². The summed E-state index contributed by atoms with van der Waals surface area (Å²) in [6.45, 7) is 1.84. The minimum atomic E-state index is -0.618. The molecule has 0 atom stereocenters. The van der Waals surface area contributed by atoms with Crippen LogP contribution in [-0.4, -0.2) is 33.8 Å². The fourth-order valence-electron chi connectivity index (χ4n) is 2.22. The van der Waals surface area contributed by atoms with Gasteiger partial charge in [0, 0.05) is 0 Å². The maximum absolute atomic E-state index is 12.2. The monoisotopic (exact) mass is 357 g/mol. The van der Waals surface area contributed by atoms with Crippen molar-refractivity contribution in [3.63, 3.8) is 0 Å². The highest BCUT2D eigenvalue weighted by Gasteiger charge is 2.16. The van der Waals surface area contributed by atoms with Gasteiger partial charge in [0.05, 0.1) is 24.0 Å². The number of esters is 1. The number of rotatable bonds is 6. The standard InChI is InChI=1S/C17H15N3O4S/c1-2-23-14-9-4-3-6-11(14)17(22)24-10-15(21)18-12-7-5-8-13-16(12)20-25-19-13/h3-9H,2,10H2,1H3,(H,18,21). The summed E-state index contributed by atoms with van der Waals surface area (Å²) in [4.78, 5) is 24.2. The molecule has 1 heterocycles. The summed E-state index contributed by atoms with van der Waals surface area (Å²) in [7, 11) is 0.